The molecule has 3 aromatic rings. The highest BCUT2D eigenvalue weighted by Gasteiger charge is 2.21. The van der Waals surface area contributed by atoms with Crippen molar-refractivity contribution in [3.05, 3.63) is 57.2 Å². The van der Waals surface area contributed by atoms with E-state index in [2.05, 4.69) is 10.2 Å². The third-order valence-corrected chi connectivity index (χ3v) is 6.04. The summed E-state index contributed by atoms with van der Waals surface area (Å²) >= 11 is 0. The van der Waals surface area contributed by atoms with Gasteiger partial charge in [-0.05, 0) is 32.9 Å². The number of fused-ring (bicyclic) bond motifs is 1. The first-order valence-electron chi connectivity index (χ1n) is 12.3. The second-order valence-corrected chi connectivity index (χ2v) is 8.26. The molecule has 192 valence electrons. The zero-order chi connectivity index (χ0) is 25.7. The molecule has 1 aliphatic heterocycles. The first-order chi connectivity index (χ1) is 17.5. The first-order valence-corrected chi connectivity index (χ1v) is 12.3. The van der Waals surface area contributed by atoms with Crippen molar-refractivity contribution in [3.63, 3.8) is 0 Å². The van der Waals surface area contributed by atoms with Crippen molar-refractivity contribution in [1.29, 1.82) is 0 Å². The number of para-hydroxylation sites is 1. The van der Waals surface area contributed by atoms with Gasteiger partial charge in [0.05, 0.1) is 48.7 Å². The van der Waals surface area contributed by atoms with Gasteiger partial charge in [0, 0.05) is 31.8 Å². The molecule has 36 heavy (non-hydrogen) atoms. The Hall–Kier alpha value is -3.79. The number of anilines is 2. The van der Waals surface area contributed by atoms with Crippen LogP contribution in [0.15, 0.2) is 46.0 Å². The summed E-state index contributed by atoms with van der Waals surface area (Å²) in [5.74, 6) is 0.706. The molecule has 0 unspecified atom stereocenters. The highest BCUT2D eigenvalue weighted by atomic mass is 16.5. The van der Waals surface area contributed by atoms with Gasteiger partial charge in [-0.2, -0.15) is 0 Å². The number of amides is 1. The molecule has 1 fully saturated rings. The number of ether oxygens (including phenoxy) is 3. The van der Waals surface area contributed by atoms with Gasteiger partial charge in [-0.3, -0.25) is 18.7 Å². The van der Waals surface area contributed by atoms with Crippen LogP contribution in [0.4, 0.5) is 11.4 Å². The van der Waals surface area contributed by atoms with Crippen molar-refractivity contribution in [2.24, 2.45) is 0 Å². The summed E-state index contributed by atoms with van der Waals surface area (Å²) < 4.78 is 19.7. The molecule has 10 nitrogen and oxygen atoms in total. The number of benzene rings is 2. The lowest BCUT2D eigenvalue weighted by atomic mass is 10.2. The summed E-state index contributed by atoms with van der Waals surface area (Å²) in [6, 6.07) is 10.4. The van der Waals surface area contributed by atoms with Crippen LogP contribution >= 0.6 is 0 Å². The van der Waals surface area contributed by atoms with E-state index in [0.717, 1.165) is 23.3 Å². The molecule has 10 heteroatoms. The summed E-state index contributed by atoms with van der Waals surface area (Å²) in [6.45, 7) is 8.99. The van der Waals surface area contributed by atoms with E-state index >= 15 is 0 Å². The summed E-state index contributed by atoms with van der Waals surface area (Å²) in [6.07, 6.45) is 0. The van der Waals surface area contributed by atoms with Crippen LogP contribution in [-0.4, -0.2) is 54.6 Å². The van der Waals surface area contributed by atoms with Gasteiger partial charge >= 0.3 is 5.69 Å². The zero-order valence-electron chi connectivity index (χ0n) is 20.9. The van der Waals surface area contributed by atoms with E-state index in [9.17, 15) is 14.4 Å². The SMILES string of the molecule is CCOc1cc(N2CCOCC2)c(OCC)cc1NC(=O)Cn1c(=O)n(CC)c(=O)c2ccccc21. The monoisotopic (exact) mass is 496 g/mol. The molecular weight excluding hydrogens is 464 g/mol. The van der Waals surface area contributed by atoms with Gasteiger partial charge in [0.15, 0.2) is 0 Å². The number of carbonyl (C=O) groups is 1. The van der Waals surface area contributed by atoms with E-state index in [1.807, 2.05) is 19.9 Å². The van der Waals surface area contributed by atoms with E-state index < -0.39 is 11.6 Å². The molecule has 0 atom stereocenters. The maximum atomic E-state index is 13.2. The van der Waals surface area contributed by atoms with E-state index in [-0.39, 0.29) is 18.6 Å². The van der Waals surface area contributed by atoms with Crippen LogP contribution in [0, 0.1) is 0 Å². The number of aromatic nitrogens is 2. The normalized spacial score (nSPS) is 13.6. The Kier molecular flexibility index (Phi) is 7.94. The number of hydrogen-bond acceptors (Lipinski definition) is 7. The molecule has 1 aliphatic rings. The topological polar surface area (TPSA) is 104 Å². The molecule has 0 bridgehead atoms. The predicted molar refractivity (Wildman–Crippen MR) is 139 cm³/mol. The van der Waals surface area contributed by atoms with E-state index in [0.29, 0.717) is 54.5 Å². The van der Waals surface area contributed by atoms with Crippen LogP contribution < -0.4 is 30.9 Å². The third-order valence-electron chi connectivity index (χ3n) is 6.04. The van der Waals surface area contributed by atoms with Gasteiger partial charge in [0.2, 0.25) is 5.91 Å². The Labute approximate surface area is 209 Å². The zero-order valence-corrected chi connectivity index (χ0v) is 20.9. The standard InChI is InChI=1S/C26H32N4O6/c1-4-29-25(32)18-9-7-8-10-20(18)30(26(29)33)17-24(31)27-19-15-23(36-6-3)21(16-22(19)35-5-2)28-11-13-34-14-12-28/h7-10,15-16H,4-6,11-14,17H2,1-3H3,(H,27,31). The molecule has 0 spiro atoms. The Bertz CT molecular complexity index is 1360. The summed E-state index contributed by atoms with van der Waals surface area (Å²) in [7, 11) is 0. The Balaban J connectivity index is 1.69. The smallest absolute Gasteiger partial charge is 0.331 e. The van der Waals surface area contributed by atoms with Gasteiger partial charge < -0.3 is 24.4 Å². The number of nitrogens with zero attached hydrogens (tertiary/aromatic N) is 3. The molecular formula is C26H32N4O6. The second-order valence-electron chi connectivity index (χ2n) is 8.26. The van der Waals surface area contributed by atoms with Crippen molar-refractivity contribution < 1.29 is 19.0 Å². The fourth-order valence-corrected chi connectivity index (χ4v) is 4.38. The van der Waals surface area contributed by atoms with Crippen LogP contribution in [0.25, 0.3) is 10.9 Å². The van der Waals surface area contributed by atoms with E-state index in [4.69, 9.17) is 14.2 Å². The molecule has 1 amide bonds. The minimum atomic E-state index is -0.529. The molecule has 1 aromatic heterocycles. The predicted octanol–water partition coefficient (Wildman–Crippen LogP) is 2.46. The maximum absolute atomic E-state index is 13.2. The largest absolute Gasteiger partial charge is 0.492 e. The number of carbonyl (C=O) groups excluding carboxylic acids is 1. The number of nitrogens with one attached hydrogen (secondary N) is 1. The van der Waals surface area contributed by atoms with E-state index in [1.54, 1.807) is 37.3 Å². The number of rotatable bonds is 9. The molecule has 1 saturated heterocycles. The van der Waals surface area contributed by atoms with Crippen LogP contribution in [-0.2, 0) is 22.6 Å². The Morgan fingerprint density at radius 1 is 0.972 bits per heavy atom. The highest BCUT2D eigenvalue weighted by molar-refractivity contribution is 5.94. The fraction of sp³-hybridized carbons (Fsp3) is 0.423. The average Bonchev–Trinajstić information content (AvgIpc) is 2.89. The quantitative estimate of drug-likeness (QED) is 0.485. The first kappa shape index (κ1) is 25.3. The molecule has 0 saturated carbocycles. The molecule has 2 heterocycles. The number of morpholine rings is 1. The summed E-state index contributed by atoms with van der Waals surface area (Å²) in [5.41, 5.74) is 0.838. The minimum Gasteiger partial charge on any atom is -0.492 e. The molecule has 2 aromatic carbocycles. The molecule has 0 aliphatic carbocycles. The van der Waals surface area contributed by atoms with Crippen molar-refractivity contribution in [2.75, 3.05) is 49.7 Å². The molecule has 0 radical (unpaired) electrons. The summed E-state index contributed by atoms with van der Waals surface area (Å²) in [4.78, 5) is 41.1. The van der Waals surface area contributed by atoms with Crippen LogP contribution in [0.1, 0.15) is 20.8 Å². The van der Waals surface area contributed by atoms with Crippen molar-refractivity contribution >= 4 is 28.2 Å². The van der Waals surface area contributed by atoms with Crippen LogP contribution in [0.3, 0.4) is 0 Å². The lowest BCUT2D eigenvalue weighted by Gasteiger charge is -2.31. The van der Waals surface area contributed by atoms with Gasteiger partial charge in [0.25, 0.3) is 5.56 Å². The van der Waals surface area contributed by atoms with Crippen LogP contribution in [0.2, 0.25) is 0 Å². The van der Waals surface area contributed by atoms with Gasteiger partial charge in [-0.15, -0.1) is 0 Å². The van der Waals surface area contributed by atoms with Crippen LogP contribution in [0.5, 0.6) is 11.5 Å². The third kappa shape index (κ3) is 5.08. The Morgan fingerprint density at radius 3 is 2.36 bits per heavy atom. The second kappa shape index (κ2) is 11.3. The molecule has 4 rings (SSSR count). The minimum absolute atomic E-state index is 0.208. The van der Waals surface area contributed by atoms with E-state index in [1.165, 1.54) is 4.57 Å². The lowest BCUT2D eigenvalue weighted by Crippen LogP contribution is -2.41. The fourth-order valence-electron chi connectivity index (χ4n) is 4.38. The summed E-state index contributed by atoms with van der Waals surface area (Å²) in [5, 5.41) is 3.27. The average molecular weight is 497 g/mol. The van der Waals surface area contributed by atoms with Gasteiger partial charge in [-0.25, -0.2) is 4.79 Å². The molecule has 1 N–H and O–H groups in total. The van der Waals surface area contributed by atoms with Gasteiger partial charge in [-0.1, -0.05) is 12.1 Å². The van der Waals surface area contributed by atoms with Crippen molar-refractivity contribution in [3.8, 4) is 11.5 Å². The lowest BCUT2D eigenvalue weighted by molar-refractivity contribution is -0.116. The van der Waals surface area contributed by atoms with Crippen molar-refractivity contribution in [1.82, 2.24) is 9.13 Å². The number of hydrogen-bond donors (Lipinski definition) is 1. The Morgan fingerprint density at radius 2 is 1.67 bits per heavy atom. The highest BCUT2D eigenvalue weighted by Crippen LogP contribution is 2.39. The van der Waals surface area contributed by atoms with Gasteiger partial charge in [0.1, 0.15) is 18.0 Å². The maximum Gasteiger partial charge on any atom is 0.331 e. The van der Waals surface area contributed by atoms with Crippen molar-refractivity contribution in [2.45, 2.75) is 33.9 Å².